The molecule has 0 unspecified atom stereocenters. The molecule has 0 aliphatic carbocycles. The SMILES string of the molecule is Cc1cc(Cn2cc(Br)cc(Br)c2=O)on1. The fourth-order valence-corrected chi connectivity index (χ4v) is 2.60. The van der Waals surface area contributed by atoms with E-state index in [2.05, 4.69) is 37.0 Å². The summed E-state index contributed by atoms with van der Waals surface area (Å²) in [6.45, 7) is 2.21. The van der Waals surface area contributed by atoms with Crippen LogP contribution >= 0.6 is 31.9 Å². The summed E-state index contributed by atoms with van der Waals surface area (Å²) in [5.74, 6) is 0.657. The topological polar surface area (TPSA) is 48.0 Å². The first-order valence-electron chi connectivity index (χ1n) is 4.54. The van der Waals surface area contributed by atoms with Gasteiger partial charge in [0.15, 0.2) is 5.76 Å². The van der Waals surface area contributed by atoms with Gasteiger partial charge in [-0.1, -0.05) is 5.16 Å². The summed E-state index contributed by atoms with van der Waals surface area (Å²) in [5.41, 5.74) is 0.703. The van der Waals surface area contributed by atoms with Crippen LogP contribution in [0.4, 0.5) is 0 Å². The van der Waals surface area contributed by atoms with Crippen LogP contribution in [0.3, 0.4) is 0 Å². The van der Waals surface area contributed by atoms with Crippen LogP contribution in [0.1, 0.15) is 11.5 Å². The zero-order valence-corrected chi connectivity index (χ0v) is 11.6. The average molecular weight is 348 g/mol. The summed E-state index contributed by atoms with van der Waals surface area (Å²) in [6.07, 6.45) is 1.71. The number of halogens is 2. The van der Waals surface area contributed by atoms with E-state index >= 15 is 0 Å². The monoisotopic (exact) mass is 346 g/mol. The van der Waals surface area contributed by atoms with Crippen molar-refractivity contribution in [1.82, 2.24) is 9.72 Å². The number of hydrogen-bond donors (Lipinski definition) is 0. The summed E-state index contributed by atoms with van der Waals surface area (Å²) < 4.78 is 7.95. The third kappa shape index (κ3) is 2.44. The Hall–Kier alpha value is -0.880. The predicted octanol–water partition coefficient (Wildman–Crippen LogP) is 2.72. The van der Waals surface area contributed by atoms with E-state index in [1.165, 1.54) is 0 Å². The van der Waals surface area contributed by atoms with Crippen LogP contribution in [-0.2, 0) is 6.54 Å². The van der Waals surface area contributed by atoms with E-state index in [0.29, 0.717) is 16.8 Å². The van der Waals surface area contributed by atoms with Crippen molar-refractivity contribution in [3.8, 4) is 0 Å². The predicted molar refractivity (Wildman–Crippen MR) is 66.4 cm³/mol. The number of nitrogens with zero attached hydrogens (tertiary/aromatic N) is 2. The quantitative estimate of drug-likeness (QED) is 0.839. The van der Waals surface area contributed by atoms with Gasteiger partial charge < -0.3 is 9.09 Å². The highest BCUT2D eigenvalue weighted by molar-refractivity contribution is 9.11. The lowest BCUT2D eigenvalue weighted by molar-refractivity contribution is 0.371. The highest BCUT2D eigenvalue weighted by Gasteiger charge is 2.06. The zero-order valence-electron chi connectivity index (χ0n) is 8.41. The lowest BCUT2D eigenvalue weighted by Gasteiger charge is -2.04. The Kier molecular flexibility index (Phi) is 3.30. The van der Waals surface area contributed by atoms with Crippen LogP contribution in [0.15, 0.2) is 36.6 Å². The highest BCUT2D eigenvalue weighted by Crippen LogP contribution is 2.14. The maximum atomic E-state index is 11.8. The van der Waals surface area contributed by atoms with E-state index in [1.807, 2.05) is 6.92 Å². The lowest BCUT2D eigenvalue weighted by Crippen LogP contribution is -2.20. The van der Waals surface area contributed by atoms with Crippen molar-refractivity contribution >= 4 is 31.9 Å². The van der Waals surface area contributed by atoms with Crippen molar-refractivity contribution < 1.29 is 4.52 Å². The molecule has 0 spiro atoms. The molecule has 0 atom stereocenters. The third-order valence-electron chi connectivity index (χ3n) is 2.01. The van der Waals surface area contributed by atoms with Gasteiger partial charge in [-0.2, -0.15) is 0 Å². The first kappa shape index (κ1) is 11.6. The van der Waals surface area contributed by atoms with Gasteiger partial charge in [-0.3, -0.25) is 4.79 Å². The highest BCUT2D eigenvalue weighted by atomic mass is 79.9. The number of aromatic nitrogens is 2. The summed E-state index contributed by atoms with van der Waals surface area (Å²) in [5, 5.41) is 3.77. The maximum absolute atomic E-state index is 11.8. The Morgan fingerprint density at radius 2 is 2.19 bits per heavy atom. The molecule has 2 aromatic heterocycles. The molecule has 0 aromatic carbocycles. The molecule has 6 heteroatoms. The van der Waals surface area contributed by atoms with Crippen LogP contribution in [-0.4, -0.2) is 9.72 Å². The van der Waals surface area contributed by atoms with Crippen molar-refractivity contribution in [3.63, 3.8) is 0 Å². The molecular formula is C10H8Br2N2O2. The number of aryl methyl sites for hydroxylation is 1. The lowest BCUT2D eigenvalue weighted by atomic mass is 10.3. The van der Waals surface area contributed by atoms with Crippen molar-refractivity contribution in [3.05, 3.63) is 49.1 Å². The Morgan fingerprint density at radius 1 is 1.44 bits per heavy atom. The Labute approximate surface area is 109 Å². The summed E-state index contributed by atoms with van der Waals surface area (Å²) in [7, 11) is 0. The molecule has 2 rings (SSSR count). The van der Waals surface area contributed by atoms with Gasteiger partial charge in [0.25, 0.3) is 5.56 Å². The average Bonchev–Trinajstić information content (AvgIpc) is 2.60. The fourth-order valence-electron chi connectivity index (χ4n) is 1.34. The molecule has 0 aliphatic rings. The van der Waals surface area contributed by atoms with Crippen LogP contribution in [0.5, 0.6) is 0 Å². The van der Waals surface area contributed by atoms with Gasteiger partial charge in [0.05, 0.1) is 16.7 Å². The van der Waals surface area contributed by atoms with Crippen molar-refractivity contribution in [2.45, 2.75) is 13.5 Å². The normalized spacial score (nSPS) is 10.7. The standard InChI is InChI=1S/C10H8Br2N2O2/c1-6-2-8(16-13-6)5-14-4-7(11)3-9(12)10(14)15/h2-4H,5H2,1H3. The van der Waals surface area contributed by atoms with Gasteiger partial charge in [-0.15, -0.1) is 0 Å². The van der Waals surface area contributed by atoms with Gasteiger partial charge >= 0.3 is 0 Å². The van der Waals surface area contributed by atoms with Gasteiger partial charge in [-0.25, -0.2) is 0 Å². The maximum Gasteiger partial charge on any atom is 0.265 e. The molecule has 0 amide bonds. The van der Waals surface area contributed by atoms with Crippen LogP contribution in [0, 0.1) is 6.92 Å². The Morgan fingerprint density at radius 3 is 2.81 bits per heavy atom. The first-order valence-corrected chi connectivity index (χ1v) is 6.12. The van der Waals surface area contributed by atoms with E-state index in [1.54, 1.807) is 22.9 Å². The van der Waals surface area contributed by atoms with Gasteiger partial charge in [0.1, 0.15) is 0 Å². The minimum atomic E-state index is -0.0998. The van der Waals surface area contributed by atoms with Gasteiger partial charge in [-0.05, 0) is 44.8 Å². The van der Waals surface area contributed by atoms with Crippen molar-refractivity contribution in [1.29, 1.82) is 0 Å². The minimum absolute atomic E-state index is 0.0998. The molecular weight excluding hydrogens is 340 g/mol. The minimum Gasteiger partial charge on any atom is -0.359 e. The van der Waals surface area contributed by atoms with E-state index in [4.69, 9.17) is 4.52 Å². The summed E-state index contributed by atoms with van der Waals surface area (Å²) >= 11 is 6.54. The Bertz CT molecular complexity index is 574. The summed E-state index contributed by atoms with van der Waals surface area (Å²) in [6, 6.07) is 3.52. The molecule has 0 bridgehead atoms. The molecule has 16 heavy (non-hydrogen) atoms. The third-order valence-corrected chi connectivity index (χ3v) is 3.01. The fraction of sp³-hybridized carbons (Fsp3) is 0.200. The van der Waals surface area contributed by atoms with E-state index in [9.17, 15) is 4.79 Å². The molecule has 0 saturated heterocycles. The van der Waals surface area contributed by atoms with Gasteiger partial charge in [0.2, 0.25) is 0 Å². The summed E-state index contributed by atoms with van der Waals surface area (Å²) in [4.78, 5) is 11.8. The second-order valence-electron chi connectivity index (χ2n) is 3.37. The molecule has 84 valence electrons. The molecule has 0 radical (unpaired) electrons. The molecule has 2 heterocycles. The Balaban J connectivity index is 2.38. The van der Waals surface area contributed by atoms with Crippen LogP contribution in [0.2, 0.25) is 0 Å². The zero-order chi connectivity index (χ0) is 11.7. The molecule has 4 nitrogen and oxygen atoms in total. The second-order valence-corrected chi connectivity index (χ2v) is 5.14. The van der Waals surface area contributed by atoms with E-state index in [0.717, 1.165) is 10.2 Å². The van der Waals surface area contributed by atoms with E-state index in [-0.39, 0.29) is 5.56 Å². The second kappa shape index (κ2) is 4.55. The molecule has 0 aliphatic heterocycles. The smallest absolute Gasteiger partial charge is 0.265 e. The van der Waals surface area contributed by atoms with Crippen molar-refractivity contribution in [2.75, 3.05) is 0 Å². The van der Waals surface area contributed by atoms with Crippen LogP contribution in [0.25, 0.3) is 0 Å². The first-order chi connectivity index (χ1) is 7.56. The number of hydrogen-bond acceptors (Lipinski definition) is 3. The largest absolute Gasteiger partial charge is 0.359 e. The van der Waals surface area contributed by atoms with Crippen molar-refractivity contribution in [2.24, 2.45) is 0 Å². The molecule has 0 N–H and O–H groups in total. The molecule has 2 aromatic rings. The number of rotatable bonds is 2. The van der Waals surface area contributed by atoms with Crippen LogP contribution < -0.4 is 5.56 Å². The molecule has 0 fully saturated rings. The number of pyridine rings is 1. The van der Waals surface area contributed by atoms with E-state index < -0.39 is 0 Å². The van der Waals surface area contributed by atoms with Gasteiger partial charge in [0, 0.05) is 16.7 Å². The molecule has 0 saturated carbocycles.